The molecule has 7 rings (SSSR count). The van der Waals surface area contributed by atoms with Crippen molar-refractivity contribution in [2.45, 2.75) is 72.2 Å². The van der Waals surface area contributed by atoms with Crippen LogP contribution >= 0.6 is 0 Å². The van der Waals surface area contributed by atoms with E-state index in [-0.39, 0.29) is 25.5 Å². The van der Waals surface area contributed by atoms with Gasteiger partial charge in [-0.2, -0.15) is 0 Å². The summed E-state index contributed by atoms with van der Waals surface area (Å²) in [5, 5.41) is 2.23. The van der Waals surface area contributed by atoms with Crippen LogP contribution in [0.4, 0.5) is 0 Å². The molecule has 4 aromatic carbocycles. The predicted octanol–water partition coefficient (Wildman–Crippen LogP) is 12.0. The number of hydrogen-bond acceptors (Lipinski definition) is 3. The zero-order chi connectivity index (χ0) is 35.8. The van der Waals surface area contributed by atoms with Gasteiger partial charge in [-0.1, -0.05) is 61.5 Å². The standard InChI is InChI=1S/C31H30NO.C15H18GeN.Ir/c1-19-13-20(2)30(21(3)14-19)24-8-10-29-26(17-24)25-16-23(7-9-28(25)33-29)27-15-22(11-12-32-27)18-31(4,5)6;1-12-10-15(13-8-6-5-7-9-13)17-11-14(12)16(2,3)4;/h8-17H,18H2,1-6H3;5-8,10-11H,1-4H3;/q2*-1;. The molecule has 0 saturated heterocycles. The number of nitrogens with zero attached hydrogens (tertiary/aromatic N) is 2. The minimum absolute atomic E-state index is 0. The third kappa shape index (κ3) is 8.98. The molecule has 1 radical (unpaired) electrons. The monoisotopic (exact) mass is 911 g/mol. The van der Waals surface area contributed by atoms with E-state index in [1.165, 1.54) is 43.3 Å². The quantitative estimate of drug-likeness (QED) is 0.128. The summed E-state index contributed by atoms with van der Waals surface area (Å²) in [4.78, 5) is 9.24. The first-order chi connectivity index (χ1) is 23.7. The van der Waals surface area contributed by atoms with Gasteiger partial charge in [0.05, 0.1) is 5.58 Å². The second-order valence-electron chi connectivity index (χ2n) is 15.9. The summed E-state index contributed by atoms with van der Waals surface area (Å²) < 4.78 is 7.64. The van der Waals surface area contributed by atoms with E-state index in [0.717, 1.165) is 50.9 Å². The van der Waals surface area contributed by atoms with Gasteiger partial charge in [-0.25, -0.2) is 0 Å². The summed E-state index contributed by atoms with van der Waals surface area (Å²) in [6.07, 6.45) is 4.99. The number of rotatable bonds is 5. The fourth-order valence-electron chi connectivity index (χ4n) is 7.04. The van der Waals surface area contributed by atoms with Gasteiger partial charge in [0.1, 0.15) is 5.58 Å². The first kappa shape index (κ1) is 38.4. The SMILES string of the molecule is Cc1cc(-c2[c-]cccc2)nc[c]1[Ge]([CH3])([CH3])[CH3].Cc1cc(C)c(-c2ccc3oc4c[c-]c(-c5cc(CC(C)(C)C)ccn5)cc4c3c2)c(C)c1.[Ir]. The average Bonchev–Trinajstić information content (AvgIpc) is 3.41. The van der Waals surface area contributed by atoms with Crippen LogP contribution in [0.3, 0.4) is 0 Å². The second kappa shape index (κ2) is 15.4. The zero-order valence-electron chi connectivity index (χ0n) is 31.6. The van der Waals surface area contributed by atoms with E-state index in [1.807, 2.05) is 30.5 Å². The Morgan fingerprint density at radius 2 is 1.41 bits per heavy atom. The molecule has 0 fully saturated rings. The predicted molar refractivity (Wildman–Crippen MR) is 215 cm³/mol. The molecule has 0 amide bonds. The molecule has 0 aliphatic rings. The van der Waals surface area contributed by atoms with Crippen molar-refractivity contribution in [2.24, 2.45) is 5.41 Å². The number of aromatic nitrogens is 2. The molecule has 0 saturated carbocycles. The number of hydrogen-bond donors (Lipinski definition) is 0. The molecule has 5 heteroatoms. The topological polar surface area (TPSA) is 38.9 Å². The minimum atomic E-state index is -1.77. The Balaban J connectivity index is 0.000000237. The Bertz CT molecular complexity index is 2290. The van der Waals surface area contributed by atoms with Crippen LogP contribution in [0.5, 0.6) is 0 Å². The van der Waals surface area contributed by atoms with Gasteiger partial charge in [0.15, 0.2) is 0 Å². The summed E-state index contributed by atoms with van der Waals surface area (Å²) in [5.74, 6) is 7.20. The van der Waals surface area contributed by atoms with Gasteiger partial charge in [-0.15, -0.1) is 23.8 Å². The number of fused-ring (bicyclic) bond motifs is 3. The summed E-state index contributed by atoms with van der Waals surface area (Å²) in [6, 6.07) is 36.2. The Hall–Kier alpha value is -3.83. The van der Waals surface area contributed by atoms with Crippen molar-refractivity contribution >= 4 is 39.6 Å². The van der Waals surface area contributed by atoms with E-state index in [4.69, 9.17) is 4.42 Å². The maximum Gasteiger partial charge on any atom is 0.121 e. The first-order valence-electron chi connectivity index (χ1n) is 17.5. The van der Waals surface area contributed by atoms with Gasteiger partial charge in [0.2, 0.25) is 0 Å². The van der Waals surface area contributed by atoms with Gasteiger partial charge in [0.25, 0.3) is 0 Å². The fourth-order valence-corrected chi connectivity index (χ4v) is 10.6. The Kier molecular flexibility index (Phi) is 11.6. The van der Waals surface area contributed by atoms with Crippen molar-refractivity contribution < 1.29 is 24.5 Å². The van der Waals surface area contributed by atoms with Crippen LogP contribution in [0, 0.1) is 45.2 Å². The third-order valence-electron chi connectivity index (χ3n) is 9.11. The van der Waals surface area contributed by atoms with E-state index >= 15 is 0 Å². The van der Waals surface area contributed by atoms with Crippen LogP contribution in [0.25, 0.3) is 55.6 Å². The number of aryl methyl sites for hydroxylation is 4. The van der Waals surface area contributed by atoms with Crippen LogP contribution in [-0.2, 0) is 26.5 Å². The molecule has 51 heavy (non-hydrogen) atoms. The van der Waals surface area contributed by atoms with E-state index in [9.17, 15) is 0 Å². The largest absolute Gasteiger partial charge is 0.500 e. The molecule has 0 N–H and O–H groups in total. The molecule has 7 aromatic rings. The van der Waals surface area contributed by atoms with Gasteiger partial charge in [0, 0.05) is 31.7 Å². The van der Waals surface area contributed by atoms with E-state index in [0.29, 0.717) is 0 Å². The fraction of sp³-hybridized carbons (Fsp3) is 0.261. The molecule has 0 aliphatic heterocycles. The summed E-state index contributed by atoms with van der Waals surface area (Å²) in [6.45, 7) is 15.5. The molecule has 3 nitrogen and oxygen atoms in total. The minimum Gasteiger partial charge on any atom is -0.500 e. The van der Waals surface area contributed by atoms with Crippen LogP contribution in [0.2, 0.25) is 17.3 Å². The molecule has 0 bridgehead atoms. The van der Waals surface area contributed by atoms with Gasteiger partial charge in [-0.3, -0.25) is 0 Å². The van der Waals surface area contributed by atoms with E-state index < -0.39 is 13.3 Å². The maximum atomic E-state index is 6.15. The van der Waals surface area contributed by atoms with Crippen LogP contribution in [-0.4, -0.2) is 23.2 Å². The zero-order valence-corrected chi connectivity index (χ0v) is 36.1. The van der Waals surface area contributed by atoms with Crippen LogP contribution in [0.15, 0.2) is 102 Å². The smallest absolute Gasteiger partial charge is 0.121 e. The van der Waals surface area contributed by atoms with Crippen molar-refractivity contribution in [1.82, 2.24) is 9.97 Å². The van der Waals surface area contributed by atoms with Crippen molar-refractivity contribution in [3.63, 3.8) is 0 Å². The summed E-state index contributed by atoms with van der Waals surface area (Å²) >= 11 is -1.77. The van der Waals surface area contributed by atoms with Crippen molar-refractivity contribution in [3.05, 3.63) is 137 Å². The molecule has 0 spiro atoms. The first-order valence-corrected chi connectivity index (χ1v) is 24.9. The normalized spacial score (nSPS) is 11.6. The molecule has 0 unspecified atom stereocenters. The number of benzene rings is 4. The van der Waals surface area contributed by atoms with Crippen molar-refractivity contribution in [1.29, 1.82) is 0 Å². The Morgan fingerprint density at radius 3 is 2.06 bits per heavy atom. The summed E-state index contributed by atoms with van der Waals surface area (Å²) in [5.41, 5.74) is 15.1. The molecule has 0 atom stereocenters. The molecular formula is C46H48GeIrN2O-2. The van der Waals surface area contributed by atoms with Gasteiger partial charge < -0.3 is 9.40 Å². The molecule has 3 aromatic heterocycles. The molecule has 0 aliphatic carbocycles. The Morgan fingerprint density at radius 1 is 0.706 bits per heavy atom. The molecule has 3 heterocycles. The van der Waals surface area contributed by atoms with Crippen molar-refractivity contribution in [3.8, 4) is 33.6 Å². The molecule has 263 valence electrons. The van der Waals surface area contributed by atoms with Gasteiger partial charge >= 0.3 is 106 Å². The Labute approximate surface area is 320 Å². The maximum absolute atomic E-state index is 6.15. The molecular weight excluding hydrogens is 861 g/mol. The van der Waals surface area contributed by atoms with Gasteiger partial charge in [-0.05, 0) is 78.8 Å². The second-order valence-corrected chi connectivity index (χ2v) is 26.5. The average molecular weight is 910 g/mol. The number of furan rings is 1. The van der Waals surface area contributed by atoms with E-state index in [2.05, 4.69) is 155 Å². The van der Waals surface area contributed by atoms with Crippen LogP contribution < -0.4 is 4.40 Å². The van der Waals surface area contributed by atoms with Crippen LogP contribution in [0.1, 0.15) is 48.6 Å². The summed E-state index contributed by atoms with van der Waals surface area (Å²) in [7, 11) is 0. The van der Waals surface area contributed by atoms with E-state index in [1.54, 1.807) is 0 Å². The number of pyridine rings is 2. The van der Waals surface area contributed by atoms with Crippen molar-refractivity contribution in [2.75, 3.05) is 0 Å². The third-order valence-corrected chi connectivity index (χ3v) is 13.6.